The number of hydrogen-bond acceptors (Lipinski definition) is 6. The Hall–Kier alpha value is -3.56. The Morgan fingerprint density at radius 2 is 1.79 bits per heavy atom. The van der Waals surface area contributed by atoms with Gasteiger partial charge in [-0.15, -0.1) is 0 Å². The first-order valence-electron chi connectivity index (χ1n) is 18.9. The van der Waals surface area contributed by atoms with E-state index in [4.69, 9.17) is 11.6 Å². The van der Waals surface area contributed by atoms with Gasteiger partial charge in [-0.25, -0.2) is 4.39 Å². The summed E-state index contributed by atoms with van der Waals surface area (Å²) in [6.07, 6.45) is 7.37. The molecule has 2 bridgehead atoms. The van der Waals surface area contributed by atoms with Gasteiger partial charge in [0.25, 0.3) is 0 Å². The Labute approximate surface area is 311 Å². The molecule has 8 rings (SSSR count). The minimum atomic E-state index is -1.05. The fourth-order valence-electron chi connectivity index (χ4n) is 9.68. The molecule has 4 atom stereocenters. The molecule has 2 heterocycles. The number of para-hydroxylation sites is 1. The lowest BCUT2D eigenvalue weighted by Crippen LogP contribution is -2.59. The minimum absolute atomic E-state index is 0.0700. The molecule has 5 aliphatic rings. The predicted octanol–water partition coefficient (Wildman–Crippen LogP) is 7.37. The number of halogens is 2. The van der Waals surface area contributed by atoms with Crippen LogP contribution in [0.2, 0.25) is 5.02 Å². The van der Waals surface area contributed by atoms with E-state index in [1.807, 2.05) is 36.4 Å². The molecular formula is C43H51ClFN3O4. The van der Waals surface area contributed by atoms with E-state index in [9.17, 15) is 24.2 Å². The third-order valence-corrected chi connectivity index (χ3v) is 13.3. The fourth-order valence-corrected chi connectivity index (χ4v) is 9.91. The summed E-state index contributed by atoms with van der Waals surface area (Å²) in [7, 11) is 0. The number of amides is 1. The molecule has 2 aliphatic heterocycles. The number of ketones is 1. The van der Waals surface area contributed by atoms with E-state index < -0.39 is 28.5 Å². The summed E-state index contributed by atoms with van der Waals surface area (Å²) in [4.78, 5) is 32.1. The largest absolute Gasteiger partial charge is 0.393 e. The molecule has 0 radical (unpaired) electrons. The highest BCUT2D eigenvalue weighted by molar-refractivity contribution is 6.31. The molecule has 3 aromatic rings. The number of rotatable bonds is 6. The van der Waals surface area contributed by atoms with Crippen molar-refractivity contribution < 1.29 is 24.2 Å². The number of piperidine rings is 1. The van der Waals surface area contributed by atoms with Crippen LogP contribution in [-0.2, 0) is 17.6 Å². The van der Waals surface area contributed by atoms with E-state index in [-0.39, 0.29) is 34.6 Å². The summed E-state index contributed by atoms with van der Waals surface area (Å²) < 4.78 is 14.9. The molecule has 3 aliphatic carbocycles. The first kappa shape index (κ1) is 36.8. The van der Waals surface area contributed by atoms with Crippen molar-refractivity contribution in [2.45, 2.75) is 101 Å². The Morgan fingerprint density at radius 3 is 2.54 bits per heavy atom. The maximum Gasteiger partial charge on any atom is 0.247 e. The molecule has 2 saturated heterocycles. The van der Waals surface area contributed by atoms with Crippen LogP contribution in [0.25, 0.3) is 0 Å². The second-order valence-corrected chi connectivity index (χ2v) is 16.4. The van der Waals surface area contributed by atoms with Crippen molar-refractivity contribution in [1.82, 2.24) is 10.2 Å². The van der Waals surface area contributed by atoms with Crippen molar-refractivity contribution in [2.75, 3.05) is 31.2 Å². The maximum absolute atomic E-state index is 14.9. The van der Waals surface area contributed by atoms with Crippen LogP contribution in [0.5, 0.6) is 0 Å². The number of likely N-dealkylation sites (tertiary alicyclic amines) is 1. The van der Waals surface area contributed by atoms with Gasteiger partial charge in [0.1, 0.15) is 11.4 Å². The second-order valence-electron chi connectivity index (χ2n) is 16.0. The van der Waals surface area contributed by atoms with E-state index in [1.165, 1.54) is 17.7 Å². The van der Waals surface area contributed by atoms with Crippen LogP contribution in [0, 0.1) is 11.2 Å². The van der Waals surface area contributed by atoms with Crippen molar-refractivity contribution in [2.24, 2.45) is 5.41 Å². The number of carbonyl (C=O) groups excluding carboxylic acids is 2. The Morgan fingerprint density at radius 1 is 1.02 bits per heavy atom. The van der Waals surface area contributed by atoms with Gasteiger partial charge in [0.15, 0.2) is 5.78 Å². The maximum atomic E-state index is 14.9. The van der Waals surface area contributed by atoms with Crippen molar-refractivity contribution >= 4 is 29.0 Å². The highest BCUT2D eigenvalue weighted by Gasteiger charge is 2.58. The minimum Gasteiger partial charge on any atom is -0.393 e. The van der Waals surface area contributed by atoms with Gasteiger partial charge < -0.3 is 25.3 Å². The Balaban J connectivity index is 1.19. The van der Waals surface area contributed by atoms with E-state index >= 15 is 0 Å². The van der Waals surface area contributed by atoms with Crippen LogP contribution in [0.3, 0.4) is 0 Å². The van der Waals surface area contributed by atoms with Crippen molar-refractivity contribution in [3.63, 3.8) is 0 Å². The molecule has 276 valence electrons. The predicted molar refractivity (Wildman–Crippen MR) is 203 cm³/mol. The Bertz CT molecular complexity index is 1820. The summed E-state index contributed by atoms with van der Waals surface area (Å²) in [5.41, 5.74) is 2.42. The molecule has 9 heteroatoms. The van der Waals surface area contributed by atoms with Crippen molar-refractivity contribution in [3.05, 3.63) is 111 Å². The first-order chi connectivity index (χ1) is 24.9. The van der Waals surface area contributed by atoms with Gasteiger partial charge in [-0.1, -0.05) is 66.6 Å². The molecule has 1 amide bonds. The van der Waals surface area contributed by atoms with Gasteiger partial charge in [-0.2, -0.15) is 0 Å². The summed E-state index contributed by atoms with van der Waals surface area (Å²) in [5.74, 6) is -0.796. The van der Waals surface area contributed by atoms with Crippen molar-refractivity contribution in [1.29, 1.82) is 0 Å². The average Bonchev–Trinajstić information content (AvgIpc) is 3.57. The Kier molecular flexibility index (Phi) is 10.4. The summed E-state index contributed by atoms with van der Waals surface area (Å²) in [6.45, 7) is 6.63. The fraction of sp³-hybridized carbons (Fsp3) is 0.488. The van der Waals surface area contributed by atoms with Gasteiger partial charge in [0, 0.05) is 53.3 Å². The third-order valence-electron chi connectivity index (χ3n) is 12.9. The SMILES string of the molecule is CC1=CCC[C@@]2(C)[C@@H](CC[C@@]2(O)CN2CCC3(CC2)C(=O)NCN3c2ccccc2)c2ccc(cc2C(=O)Cc2c(F)cccc2Cl)C[C@@H](O)CC1. The highest BCUT2D eigenvalue weighted by Crippen LogP contribution is 2.59. The van der Waals surface area contributed by atoms with E-state index in [0.717, 1.165) is 29.7 Å². The topological polar surface area (TPSA) is 93.1 Å². The molecule has 7 nitrogen and oxygen atoms in total. The molecule has 1 spiro atoms. The van der Waals surface area contributed by atoms with Gasteiger partial charge in [0.2, 0.25) is 5.91 Å². The second kappa shape index (κ2) is 14.7. The smallest absolute Gasteiger partial charge is 0.247 e. The number of Topliss-reactive ketones (excluding diaryl/α,β-unsaturated/α-hetero) is 1. The normalized spacial score (nSPS) is 28.0. The molecule has 3 N–H and O–H groups in total. The zero-order chi connectivity index (χ0) is 36.7. The van der Waals surface area contributed by atoms with Gasteiger partial charge in [0.05, 0.1) is 18.4 Å². The van der Waals surface area contributed by atoms with E-state index in [0.29, 0.717) is 76.8 Å². The first-order valence-corrected chi connectivity index (χ1v) is 19.3. The number of hydrogen-bond donors (Lipinski definition) is 3. The van der Waals surface area contributed by atoms with E-state index in [2.05, 4.69) is 47.2 Å². The molecule has 3 aromatic carbocycles. The highest BCUT2D eigenvalue weighted by atomic mass is 35.5. The number of fused-ring (bicyclic) bond motifs is 8. The van der Waals surface area contributed by atoms with Crippen LogP contribution in [0.15, 0.2) is 78.4 Å². The van der Waals surface area contributed by atoms with Crippen LogP contribution in [0.1, 0.15) is 98.2 Å². The van der Waals surface area contributed by atoms with Crippen LogP contribution >= 0.6 is 11.6 Å². The molecule has 0 aromatic heterocycles. The van der Waals surface area contributed by atoms with Gasteiger partial charge >= 0.3 is 0 Å². The number of allylic oxidation sites excluding steroid dienone is 2. The molecular weight excluding hydrogens is 677 g/mol. The number of anilines is 1. The lowest BCUT2D eigenvalue weighted by atomic mass is 9.64. The number of β-amino-alcohol motifs (C(OH)–C–C–N with tert-alkyl or cyclic N) is 1. The number of aliphatic hydroxyl groups is 2. The number of nitrogens with one attached hydrogen (secondary N) is 1. The summed E-state index contributed by atoms with van der Waals surface area (Å²) in [6, 6.07) is 20.5. The zero-order valence-electron chi connectivity index (χ0n) is 30.3. The lowest BCUT2D eigenvalue weighted by molar-refractivity contribution is -0.126. The summed E-state index contributed by atoms with van der Waals surface area (Å²) in [5, 5.41) is 27.1. The monoisotopic (exact) mass is 727 g/mol. The van der Waals surface area contributed by atoms with Gasteiger partial charge in [-0.3, -0.25) is 9.59 Å². The van der Waals surface area contributed by atoms with Crippen LogP contribution in [-0.4, -0.2) is 70.4 Å². The van der Waals surface area contributed by atoms with Crippen LogP contribution < -0.4 is 10.2 Å². The standard InChI is InChI=1S/C43H51ClFN3O4/c1-29-8-7-18-41(2)36(33-16-14-30(24-32(49)15-13-29)25-34(33)39(50)26-35-37(44)11-6-12-38(35)45)17-19-43(41,52)27-47-22-20-42(21-23-47)40(51)46-28-48(42)31-9-4-3-5-10-31/h3-6,8-12,14,16,25,32,36,49,52H,7,13,15,17-24,26-28H2,1-2H3,(H,46,51)/t32-,36-,41-,43+/m0/s1. The molecule has 1 saturated carbocycles. The number of carbonyl (C=O) groups is 2. The number of nitrogens with zero attached hydrogens (tertiary/aromatic N) is 2. The quantitative estimate of drug-likeness (QED) is 0.182. The molecule has 52 heavy (non-hydrogen) atoms. The lowest BCUT2D eigenvalue weighted by Gasteiger charge is -2.49. The molecule has 3 fully saturated rings. The molecule has 0 unspecified atom stereocenters. The van der Waals surface area contributed by atoms with Gasteiger partial charge in [-0.05, 0) is 112 Å². The van der Waals surface area contributed by atoms with E-state index in [1.54, 1.807) is 6.07 Å². The number of aliphatic hydroxyl groups excluding tert-OH is 1. The van der Waals surface area contributed by atoms with Crippen LogP contribution in [0.4, 0.5) is 10.1 Å². The number of benzene rings is 3. The van der Waals surface area contributed by atoms with Crippen molar-refractivity contribution in [3.8, 4) is 0 Å². The third kappa shape index (κ3) is 6.84. The average molecular weight is 728 g/mol. The zero-order valence-corrected chi connectivity index (χ0v) is 31.1. The summed E-state index contributed by atoms with van der Waals surface area (Å²) >= 11 is 6.39.